The van der Waals surface area contributed by atoms with Crippen molar-refractivity contribution in [1.82, 2.24) is 0 Å². The fourth-order valence-corrected chi connectivity index (χ4v) is 1.62. The van der Waals surface area contributed by atoms with Gasteiger partial charge in [0.15, 0.2) is 0 Å². The van der Waals surface area contributed by atoms with Crippen molar-refractivity contribution in [3.05, 3.63) is 33.1 Å². The third-order valence-corrected chi connectivity index (χ3v) is 2.75. The molecule has 0 saturated carbocycles. The summed E-state index contributed by atoms with van der Waals surface area (Å²) in [5.41, 5.74) is -0.530. The highest BCUT2D eigenvalue weighted by atomic mass is 35.5. The van der Waals surface area contributed by atoms with E-state index >= 15 is 0 Å². The molecular formula is C11H12ClFN2O4. The van der Waals surface area contributed by atoms with Crippen molar-refractivity contribution < 1.29 is 18.8 Å². The lowest BCUT2D eigenvalue weighted by Gasteiger charge is -2.16. The molecule has 19 heavy (non-hydrogen) atoms. The van der Waals surface area contributed by atoms with Crippen LogP contribution in [0.1, 0.15) is 13.3 Å². The number of nitro benzene ring substituents is 1. The van der Waals surface area contributed by atoms with E-state index in [-0.39, 0.29) is 10.7 Å². The van der Waals surface area contributed by atoms with Gasteiger partial charge in [-0.2, -0.15) is 0 Å². The number of hydrogen-bond donors (Lipinski definition) is 1. The number of halogens is 2. The van der Waals surface area contributed by atoms with Crippen molar-refractivity contribution in [2.75, 3.05) is 12.4 Å². The molecule has 0 spiro atoms. The van der Waals surface area contributed by atoms with Gasteiger partial charge in [0.1, 0.15) is 17.5 Å². The van der Waals surface area contributed by atoms with Crippen LogP contribution < -0.4 is 5.32 Å². The minimum Gasteiger partial charge on any atom is -0.467 e. The Morgan fingerprint density at radius 1 is 1.63 bits per heavy atom. The van der Waals surface area contributed by atoms with Gasteiger partial charge in [0.05, 0.1) is 23.1 Å². The summed E-state index contributed by atoms with van der Waals surface area (Å²) >= 11 is 5.58. The Balaban J connectivity index is 3.15. The average molecular weight is 291 g/mol. The summed E-state index contributed by atoms with van der Waals surface area (Å²) in [7, 11) is 1.21. The number of carbonyl (C=O) groups is 1. The molecular weight excluding hydrogens is 279 g/mol. The molecule has 0 bridgehead atoms. The van der Waals surface area contributed by atoms with Gasteiger partial charge in [-0.15, -0.1) is 0 Å². The van der Waals surface area contributed by atoms with E-state index in [9.17, 15) is 19.3 Å². The molecule has 0 aliphatic rings. The fourth-order valence-electron chi connectivity index (χ4n) is 1.46. The standard InChI is InChI=1S/C11H12ClFN2O4/c1-3-8(11(16)19-2)14-9-4-6(12)7(13)5-10(9)15(17)18/h4-5,8,14H,3H2,1-2H3. The first-order chi connectivity index (χ1) is 8.90. The summed E-state index contributed by atoms with van der Waals surface area (Å²) < 4.78 is 17.8. The maximum atomic E-state index is 13.2. The van der Waals surface area contributed by atoms with Crippen LogP contribution in [0.4, 0.5) is 15.8 Å². The van der Waals surface area contributed by atoms with E-state index < -0.39 is 28.4 Å². The van der Waals surface area contributed by atoms with E-state index in [1.54, 1.807) is 6.92 Å². The van der Waals surface area contributed by atoms with Crippen LogP contribution in [0.2, 0.25) is 5.02 Å². The molecule has 1 aromatic rings. The van der Waals surface area contributed by atoms with Crippen LogP contribution in [0, 0.1) is 15.9 Å². The van der Waals surface area contributed by atoms with Crippen LogP contribution in [-0.2, 0) is 9.53 Å². The first-order valence-electron chi connectivity index (χ1n) is 5.38. The minimum atomic E-state index is -0.898. The summed E-state index contributed by atoms with van der Waals surface area (Å²) in [6.45, 7) is 1.70. The highest BCUT2D eigenvalue weighted by molar-refractivity contribution is 6.31. The van der Waals surface area contributed by atoms with E-state index in [1.807, 2.05) is 0 Å². The molecule has 1 unspecified atom stereocenters. The van der Waals surface area contributed by atoms with Gasteiger partial charge >= 0.3 is 5.97 Å². The van der Waals surface area contributed by atoms with Gasteiger partial charge in [-0.05, 0) is 12.5 Å². The van der Waals surface area contributed by atoms with Crippen LogP contribution in [0.5, 0.6) is 0 Å². The molecule has 0 aliphatic heterocycles. The zero-order chi connectivity index (χ0) is 14.6. The minimum absolute atomic E-state index is 0.0337. The predicted molar refractivity (Wildman–Crippen MR) is 67.8 cm³/mol. The Hall–Kier alpha value is -1.89. The second-order valence-corrected chi connectivity index (χ2v) is 4.08. The zero-order valence-electron chi connectivity index (χ0n) is 10.3. The average Bonchev–Trinajstić information content (AvgIpc) is 2.38. The third kappa shape index (κ3) is 3.54. The molecule has 1 rings (SSSR count). The molecule has 0 heterocycles. The van der Waals surface area contributed by atoms with Crippen LogP contribution in [0.25, 0.3) is 0 Å². The Kier molecular flexibility index (Phi) is 5.05. The molecule has 1 atom stereocenters. The van der Waals surface area contributed by atoms with E-state index in [4.69, 9.17) is 11.6 Å². The summed E-state index contributed by atoms with van der Waals surface area (Å²) in [5.74, 6) is -1.47. The number of carbonyl (C=O) groups excluding carboxylic acids is 1. The van der Waals surface area contributed by atoms with E-state index in [0.717, 1.165) is 6.07 Å². The summed E-state index contributed by atoms with van der Waals surface area (Å²) in [6, 6.07) is 1.00. The zero-order valence-corrected chi connectivity index (χ0v) is 11.0. The van der Waals surface area contributed by atoms with Gasteiger partial charge in [0.25, 0.3) is 5.69 Å². The second kappa shape index (κ2) is 6.33. The second-order valence-electron chi connectivity index (χ2n) is 3.67. The number of rotatable bonds is 5. The lowest BCUT2D eigenvalue weighted by atomic mass is 10.2. The molecule has 0 saturated heterocycles. The van der Waals surface area contributed by atoms with Gasteiger partial charge in [0.2, 0.25) is 0 Å². The fraction of sp³-hybridized carbons (Fsp3) is 0.364. The van der Waals surface area contributed by atoms with Gasteiger partial charge in [0, 0.05) is 0 Å². The number of nitro groups is 1. The highest BCUT2D eigenvalue weighted by Crippen LogP contribution is 2.31. The molecule has 1 aromatic carbocycles. The van der Waals surface area contributed by atoms with Gasteiger partial charge < -0.3 is 10.1 Å². The van der Waals surface area contributed by atoms with Crippen LogP contribution in [0.15, 0.2) is 12.1 Å². The lowest BCUT2D eigenvalue weighted by Crippen LogP contribution is -2.30. The lowest BCUT2D eigenvalue weighted by molar-refractivity contribution is -0.384. The number of nitrogens with one attached hydrogen (secondary N) is 1. The van der Waals surface area contributed by atoms with Gasteiger partial charge in [-0.3, -0.25) is 10.1 Å². The van der Waals surface area contributed by atoms with Crippen molar-refractivity contribution in [3.8, 4) is 0 Å². The molecule has 8 heteroatoms. The Labute approximate surface area is 113 Å². The topological polar surface area (TPSA) is 81.5 Å². The quantitative estimate of drug-likeness (QED) is 0.512. The van der Waals surface area contributed by atoms with Gasteiger partial charge in [-0.25, -0.2) is 9.18 Å². The smallest absolute Gasteiger partial charge is 0.328 e. The van der Waals surface area contributed by atoms with E-state index in [0.29, 0.717) is 12.5 Å². The number of benzene rings is 1. The Morgan fingerprint density at radius 3 is 2.74 bits per heavy atom. The monoisotopic (exact) mass is 290 g/mol. The van der Waals surface area contributed by atoms with Crippen molar-refractivity contribution in [2.45, 2.75) is 19.4 Å². The third-order valence-electron chi connectivity index (χ3n) is 2.46. The number of nitrogens with zero attached hydrogens (tertiary/aromatic N) is 1. The molecule has 104 valence electrons. The van der Waals surface area contributed by atoms with Crippen LogP contribution >= 0.6 is 11.6 Å². The van der Waals surface area contributed by atoms with Gasteiger partial charge in [-0.1, -0.05) is 18.5 Å². The first-order valence-corrected chi connectivity index (χ1v) is 5.76. The molecule has 0 radical (unpaired) electrons. The molecule has 0 amide bonds. The predicted octanol–water partition coefficient (Wildman–Crippen LogP) is 2.75. The SMILES string of the molecule is CCC(Nc1cc(Cl)c(F)cc1[N+](=O)[O-])C(=O)OC. The van der Waals surface area contributed by atoms with Crippen LogP contribution in [0.3, 0.4) is 0 Å². The number of hydrogen-bond acceptors (Lipinski definition) is 5. The highest BCUT2D eigenvalue weighted by Gasteiger charge is 2.23. The van der Waals surface area contributed by atoms with Crippen molar-refractivity contribution in [3.63, 3.8) is 0 Å². The summed E-state index contributed by atoms with van der Waals surface area (Å²) in [5, 5.41) is 13.2. The largest absolute Gasteiger partial charge is 0.467 e. The van der Waals surface area contributed by atoms with Crippen molar-refractivity contribution >= 4 is 28.9 Å². The first kappa shape index (κ1) is 15.2. The Bertz CT molecular complexity index is 510. The normalized spacial score (nSPS) is 11.8. The molecule has 1 N–H and O–H groups in total. The van der Waals surface area contributed by atoms with Crippen molar-refractivity contribution in [2.24, 2.45) is 0 Å². The molecule has 0 aliphatic carbocycles. The van der Waals surface area contributed by atoms with E-state index in [1.165, 1.54) is 7.11 Å². The van der Waals surface area contributed by atoms with E-state index in [2.05, 4.69) is 10.1 Å². The summed E-state index contributed by atoms with van der Waals surface area (Å²) in [6.07, 6.45) is 0.346. The molecule has 6 nitrogen and oxygen atoms in total. The summed E-state index contributed by atoms with van der Waals surface area (Å²) in [4.78, 5) is 21.5. The maximum absolute atomic E-state index is 13.2. The molecule has 0 aromatic heterocycles. The number of methoxy groups -OCH3 is 1. The van der Waals surface area contributed by atoms with Crippen molar-refractivity contribution in [1.29, 1.82) is 0 Å². The maximum Gasteiger partial charge on any atom is 0.328 e. The number of anilines is 1. The molecule has 0 fully saturated rings. The number of ether oxygens (including phenoxy) is 1. The Morgan fingerprint density at radius 2 is 2.26 bits per heavy atom. The van der Waals surface area contributed by atoms with Crippen LogP contribution in [-0.4, -0.2) is 24.0 Å². The number of esters is 1.